The van der Waals surface area contributed by atoms with E-state index in [0.29, 0.717) is 6.07 Å². The fourth-order valence-electron chi connectivity index (χ4n) is 1.23. The second-order valence-corrected chi connectivity index (χ2v) is 6.15. The molecule has 120 valence electrons. The largest absolute Gasteiger partial charge is 0.417 e. The molecular formula is C10H9ClF5NO3S. The number of alkyl halides is 5. The Morgan fingerprint density at radius 2 is 1.76 bits per heavy atom. The van der Waals surface area contributed by atoms with E-state index < -0.39 is 50.8 Å². The van der Waals surface area contributed by atoms with Crippen molar-refractivity contribution in [1.82, 2.24) is 4.72 Å². The van der Waals surface area contributed by atoms with Crippen molar-refractivity contribution in [2.24, 2.45) is 0 Å². The van der Waals surface area contributed by atoms with Gasteiger partial charge in [-0.2, -0.15) is 13.2 Å². The maximum atomic E-state index is 12.8. The lowest BCUT2D eigenvalue weighted by atomic mass is 10.2. The van der Waals surface area contributed by atoms with E-state index in [0.717, 1.165) is 6.07 Å². The smallest absolute Gasteiger partial charge is 0.390 e. The summed E-state index contributed by atoms with van der Waals surface area (Å²) in [6.07, 6.45) is -4.89. The van der Waals surface area contributed by atoms with E-state index in [4.69, 9.17) is 16.7 Å². The minimum atomic E-state index is -4.89. The molecule has 0 bridgehead atoms. The van der Waals surface area contributed by atoms with E-state index in [1.807, 2.05) is 0 Å². The van der Waals surface area contributed by atoms with Gasteiger partial charge in [-0.3, -0.25) is 0 Å². The van der Waals surface area contributed by atoms with Crippen LogP contribution in [0.2, 0.25) is 5.02 Å². The second kappa shape index (κ2) is 6.03. The molecule has 4 nitrogen and oxygen atoms in total. The van der Waals surface area contributed by atoms with Crippen molar-refractivity contribution in [1.29, 1.82) is 0 Å². The zero-order chi connectivity index (χ0) is 16.5. The first-order valence-corrected chi connectivity index (χ1v) is 7.10. The summed E-state index contributed by atoms with van der Waals surface area (Å²) in [5.41, 5.74) is -1.40. The summed E-state index contributed by atoms with van der Waals surface area (Å²) in [6, 6.07) is 1.68. The number of hydrogen-bond acceptors (Lipinski definition) is 3. The van der Waals surface area contributed by atoms with Crippen molar-refractivity contribution in [3.05, 3.63) is 28.8 Å². The lowest BCUT2D eigenvalue weighted by molar-refractivity contribution is -0.137. The number of benzene rings is 1. The maximum Gasteiger partial charge on any atom is 0.417 e. The molecule has 0 spiro atoms. The minimum absolute atomic E-state index is 0.238. The number of sulfonamides is 1. The Bertz CT molecular complexity index is 618. The zero-order valence-corrected chi connectivity index (χ0v) is 11.7. The summed E-state index contributed by atoms with van der Waals surface area (Å²) in [5, 5.41) is 7.58. The number of hydrogen-bond donors (Lipinski definition) is 2. The van der Waals surface area contributed by atoms with Crippen LogP contribution in [-0.4, -0.2) is 32.6 Å². The fraction of sp³-hybridized carbons (Fsp3) is 0.400. The summed E-state index contributed by atoms with van der Waals surface area (Å²) in [6.45, 7) is -3.06. The van der Waals surface area contributed by atoms with Gasteiger partial charge in [0.1, 0.15) is 6.61 Å². The fourth-order valence-corrected chi connectivity index (χ4v) is 2.54. The van der Waals surface area contributed by atoms with Crippen LogP contribution in [0.25, 0.3) is 0 Å². The van der Waals surface area contributed by atoms with E-state index in [1.165, 1.54) is 4.72 Å². The Hall–Kier alpha value is -0.970. The average Bonchev–Trinajstić information content (AvgIpc) is 2.35. The van der Waals surface area contributed by atoms with Crippen molar-refractivity contribution in [3.8, 4) is 0 Å². The topological polar surface area (TPSA) is 66.4 Å². The Morgan fingerprint density at radius 3 is 2.24 bits per heavy atom. The van der Waals surface area contributed by atoms with Crippen molar-refractivity contribution < 1.29 is 35.5 Å². The second-order valence-electron chi connectivity index (χ2n) is 3.98. The van der Waals surface area contributed by atoms with Crippen molar-refractivity contribution in [2.75, 3.05) is 13.2 Å². The van der Waals surface area contributed by atoms with Gasteiger partial charge in [-0.1, -0.05) is 11.6 Å². The van der Waals surface area contributed by atoms with E-state index in [9.17, 15) is 30.4 Å². The van der Waals surface area contributed by atoms with E-state index in [2.05, 4.69) is 0 Å². The number of aliphatic hydroxyl groups excluding tert-OH is 1. The van der Waals surface area contributed by atoms with Gasteiger partial charge in [0.25, 0.3) is 5.92 Å². The lowest BCUT2D eigenvalue weighted by Gasteiger charge is -2.15. The third-order valence-electron chi connectivity index (χ3n) is 2.31. The first-order chi connectivity index (χ1) is 9.39. The van der Waals surface area contributed by atoms with Gasteiger partial charge in [0, 0.05) is 0 Å². The molecule has 1 aromatic carbocycles. The molecule has 0 aliphatic rings. The molecule has 0 atom stereocenters. The Balaban J connectivity index is 3.10. The summed E-state index contributed by atoms with van der Waals surface area (Å²) < 4.78 is 88.0. The highest BCUT2D eigenvalue weighted by Crippen LogP contribution is 2.35. The highest BCUT2D eigenvalue weighted by Gasteiger charge is 2.35. The van der Waals surface area contributed by atoms with Crippen LogP contribution in [0, 0.1) is 0 Å². The summed E-state index contributed by atoms with van der Waals surface area (Å²) in [7, 11) is -4.60. The van der Waals surface area contributed by atoms with Gasteiger partial charge in [0.05, 0.1) is 22.0 Å². The molecule has 0 aromatic heterocycles. The monoisotopic (exact) mass is 353 g/mol. The molecule has 0 unspecified atom stereocenters. The van der Waals surface area contributed by atoms with Crippen molar-refractivity contribution in [2.45, 2.75) is 17.0 Å². The number of rotatable bonds is 5. The molecule has 0 radical (unpaired) electrons. The molecule has 0 aliphatic heterocycles. The minimum Gasteiger partial charge on any atom is -0.390 e. The molecule has 11 heteroatoms. The molecule has 0 amide bonds. The number of halogens is 6. The van der Waals surface area contributed by atoms with Gasteiger partial charge >= 0.3 is 6.18 Å². The third kappa shape index (κ3) is 4.77. The average molecular weight is 354 g/mol. The summed E-state index contributed by atoms with van der Waals surface area (Å²) in [4.78, 5) is -0.868. The predicted molar refractivity (Wildman–Crippen MR) is 63.7 cm³/mol. The van der Waals surface area contributed by atoms with Crippen molar-refractivity contribution in [3.63, 3.8) is 0 Å². The van der Waals surface area contributed by atoms with Crippen LogP contribution in [-0.2, 0) is 16.2 Å². The van der Waals surface area contributed by atoms with Crippen LogP contribution < -0.4 is 4.72 Å². The molecule has 0 saturated carbocycles. The quantitative estimate of drug-likeness (QED) is 0.798. The lowest BCUT2D eigenvalue weighted by Crippen LogP contribution is -2.39. The maximum absolute atomic E-state index is 12.8. The van der Waals surface area contributed by atoms with Gasteiger partial charge in [-0.05, 0) is 18.2 Å². The SMILES string of the molecule is O=S(=O)(NCC(F)(F)CO)c1ccc(Cl)c(C(F)(F)F)c1. The van der Waals surface area contributed by atoms with E-state index in [1.54, 1.807) is 0 Å². The Morgan fingerprint density at radius 1 is 1.19 bits per heavy atom. The molecule has 1 rings (SSSR count). The van der Waals surface area contributed by atoms with Crippen LogP contribution >= 0.6 is 11.6 Å². The molecule has 21 heavy (non-hydrogen) atoms. The van der Waals surface area contributed by atoms with Crippen LogP contribution in [0.15, 0.2) is 23.1 Å². The van der Waals surface area contributed by atoms with Crippen molar-refractivity contribution >= 4 is 21.6 Å². The van der Waals surface area contributed by atoms with Crippen LogP contribution in [0.4, 0.5) is 22.0 Å². The van der Waals surface area contributed by atoms with Crippen LogP contribution in [0.1, 0.15) is 5.56 Å². The molecule has 0 fully saturated rings. The van der Waals surface area contributed by atoms with Gasteiger partial charge in [-0.25, -0.2) is 21.9 Å². The summed E-state index contributed by atoms with van der Waals surface area (Å²) >= 11 is 5.31. The highest BCUT2D eigenvalue weighted by atomic mass is 35.5. The zero-order valence-electron chi connectivity index (χ0n) is 10.1. The molecule has 0 aliphatic carbocycles. The molecular weight excluding hydrogens is 345 g/mol. The number of nitrogens with one attached hydrogen (secondary N) is 1. The van der Waals surface area contributed by atoms with Crippen LogP contribution in [0.5, 0.6) is 0 Å². The van der Waals surface area contributed by atoms with Gasteiger partial charge in [0.15, 0.2) is 0 Å². The highest BCUT2D eigenvalue weighted by molar-refractivity contribution is 7.89. The molecule has 1 aromatic rings. The van der Waals surface area contributed by atoms with Gasteiger partial charge in [0.2, 0.25) is 10.0 Å². The standard InChI is InChI=1S/C10H9ClF5NO3S/c11-8-2-1-6(3-7(8)10(14,15)16)21(19,20)17-4-9(12,13)5-18/h1-3,17-18H,4-5H2. The molecule has 0 saturated heterocycles. The third-order valence-corrected chi connectivity index (χ3v) is 4.03. The van der Waals surface area contributed by atoms with Gasteiger partial charge in [-0.15, -0.1) is 0 Å². The molecule has 2 N–H and O–H groups in total. The summed E-state index contributed by atoms with van der Waals surface area (Å²) in [5.74, 6) is -3.73. The van der Waals surface area contributed by atoms with Crippen LogP contribution in [0.3, 0.4) is 0 Å². The van der Waals surface area contributed by atoms with E-state index in [-0.39, 0.29) is 6.07 Å². The van der Waals surface area contributed by atoms with Gasteiger partial charge < -0.3 is 5.11 Å². The van der Waals surface area contributed by atoms with E-state index >= 15 is 0 Å². The first-order valence-electron chi connectivity index (χ1n) is 5.24. The normalized spacial score (nSPS) is 13.5. The first kappa shape index (κ1) is 18.1. The Labute approximate surface area is 121 Å². The molecule has 0 heterocycles. The Kier molecular flexibility index (Phi) is 5.19. The number of aliphatic hydroxyl groups is 1. The predicted octanol–water partition coefficient (Wildman–Crippen LogP) is 2.26.